The molecule has 0 aromatic heterocycles. The van der Waals surface area contributed by atoms with Crippen LogP contribution in [0.25, 0.3) is 0 Å². The molecule has 0 aliphatic carbocycles. The first-order chi connectivity index (χ1) is 8.09. The molecule has 0 bridgehead atoms. The fourth-order valence-electron chi connectivity index (χ4n) is 1.51. The molecule has 4 heteroatoms. The molecule has 3 nitrogen and oxygen atoms in total. The van der Waals surface area contributed by atoms with Crippen LogP contribution in [0.2, 0.25) is 0 Å². The molecule has 0 fully saturated rings. The molecule has 0 heterocycles. The molecule has 1 aromatic rings. The van der Waals surface area contributed by atoms with E-state index in [1.54, 1.807) is 13.0 Å². The largest absolute Gasteiger partial charge is 0.481 e. The van der Waals surface area contributed by atoms with Gasteiger partial charge in [-0.1, -0.05) is 12.5 Å². The first-order valence-electron chi connectivity index (χ1n) is 5.81. The lowest BCUT2D eigenvalue weighted by atomic mass is 10.2. The molecule has 0 aliphatic rings. The van der Waals surface area contributed by atoms with E-state index in [2.05, 4.69) is 5.32 Å². The fourth-order valence-corrected chi connectivity index (χ4v) is 1.51. The third-order valence-electron chi connectivity index (χ3n) is 2.57. The molecule has 0 amide bonds. The number of hydrogen-bond acceptors (Lipinski definition) is 2. The first-order valence-corrected chi connectivity index (χ1v) is 5.81. The van der Waals surface area contributed by atoms with Gasteiger partial charge in [0.15, 0.2) is 0 Å². The van der Waals surface area contributed by atoms with Crippen molar-refractivity contribution in [3.8, 4) is 0 Å². The topological polar surface area (TPSA) is 49.3 Å². The summed E-state index contributed by atoms with van der Waals surface area (Å²) in [4.78, 5) is 10.3. The van der Waals surface area contributed by atoms with Gasteiger partial charge in [-0.2, -0.15) is 0 Å². The van der Waals surface area contributed by atoms with Crippen molar-refractivity contribution in [2.75, 3.05) is 11.9 Å². The molecule has 17 heavy (non-hydrogen) atoms. The van der Waals surface area contributed by atoms with Gasteiger partial charge in [-0.3, -0.25) is 4.79 Å². The van der Waals surface area contributed by atoms with E-state index in [0.29, 0.717) is 12.0 Å². The van der Waals surface area contributed by atoms with E-state index in [-0.39, 0.29) is 12.2 Å². The average molecular weight is 239 g/mol. The van der Waals surface area contributed by atoms with E-state index in [1.165, 1.54) is 6.07 Å². The van der Waals surface area contributed by atoms with Crippen molar-refractivity contribution < 1.29 is 14.3 Å². The zero-order valence-corrected chi connectivity index (χ0v) is 10.0. The van der Waals surface area contributed by atoms with Crippen LogP contribution >= 0.6 is 0 Å². The normalized spacial score (nSPS) is 10.2. The highest BCUT2D eigenvalue weighted by molar-refractivity contribution is 5.66. The zero-order chi connectivity index (χ0) is 12.7. The minimum absolute atomic E-state index is 0.208. The number of rotatable bonds is 7. The van der Waals surface area contributed by atoms with E-state index in [0.717, 1.165) is 25.1 Å². The molecule has 1 aromatic carbocycles. The predicted octanol–water partition coefficient (Wildman–Crippen LogP) is 3.19. The van der Waals surface area contributed by atoms with Crippen LogP contribution in [-0.2, 0) is 4.79 Å². The van der Waals surface area contributed by atoms with E-state index < -0.39 is 5.97 Å². The van der Waals surface area contributed by atoms with Gasteiger partial charge in [0.05, 0.1) is 0 Å². The van der Waals surface area contributed by atoms with E-state index in [4.69, 9.17) is 5.11 Å². The van der Waals surface area contributed by atoms with E-state index in [9.17, 15) is 9.18 Å². The van der Waals surface area contributed by atoms with Crippen molar-refractivity contribution in [3.05, 3.63) is 29.6 Å². The summed E-state index contributed by atoms with van der Waals surface area (Å²) in [6, 6.07) is 5.06. The summed E-state index contributed by atoms with van der Waals surface area (Å²) in [5, 5.41) is 11.6. The molecular weight excluding hydrogens is 221 g/mol. The Labute approximate surface area is 101 Å². The summed E-state index contributed by atoms with van der Waals surface area (Å²) in [6.45, 7) is 2.47. The van der Waals surface area contributed by atoms with Gasteiger partial charge in [0.1, 0.15) is 5.82 Å². The Hall–Kier alpha value is -1.58. The van der Waals surface area contributed by atoms with Gasteiger partial charge in [-0.05, 0) is 37.5 Å². The Morgan fingerprint density at radius 1 is 1.35 bits per heavy atom. The minimum Gasteiger partial charge on any atom is -0.481 e. The van der Waals surface area contributed by atoms with Crippen molar-refractivity contribution in [2.24, 2.45) is 0 Å². The molecule has 0 unspecified atom stereocenters. The van der Waals surface area contributed by atoms with Gasteiger partial charge in [-0.15, -0.1) is 0 Å². The highest BCUT2D eigenvalue weighted by Gasteiger charge is 1.99. The third-order valence-corrected chi connectivity index (χ3v) is 2.57. The van der Waals surface area contributed by atoms with Crippen LogP contribution in [0.5, 0.6) is 0 Å². The summed E-state index contributed by atoms with van der Waals surface area (Å²) in [5.41, 5.74) is 1.41. The summed E-state index contributed by atoms with van der Waals surface area (Å²) >= 11 is 0. The maximum Gasteiger partial charge on any atom is 0.303 e. The second-order valence-electron chi connectivity index (χ2n) is 4.10. The fraction of sp³-hybridized carbons (Fsp3) is 0.462. The number of halogens is 1. The van der Waals surface area contributed by atoms with Gasteiger partial charge < -0.3 is 10.4 Å². The SMILES string of the molecule is Cc1ccc(NCCCCCC(=O)O)cc1F. The zero-order valence-electron chi connectivity index (χ0n) is 10.0. The third kappa shape index (κ3) is 5.33. The molecular formula is C13H18FNO2. The molecule has 94 valence electrons. The number of hydrogen-bond donors (Lipinski definition) is 2. The lowest BCUT2D eigenvalue weighted by Crippen LogP contribution is -2.02. The molecule has 0 saturated heterocycles. The number of anilines is 1. The Bertz CT molecular complexity index is 380. The second-order valence-corrected chi connectivity index (χ2v) is 4.10. The average Bonchev–Trinajstić information content (AvgIpc) is 2.27. The quantitative estimate of drug-likeness (QED) is 0.718. The van der Waals surface area contributed by atoms with Crippen molar-refractivity contribution in [1.82, 2.24) is 0 Å². The minimum atomic E-state index is -0.751. The number of aryl methyl sites for hydroxylation is 1. The van der Waals surface area contributed by atoms with Gasteiger partial charge >= 0.3 is 5.97 Å². The molecule has 0 radical (unpaired) electrons. The predicted molar refractivity (Wildman–Crippen MR) is 65.7 cm³/mol. The van der Waals surface area contributed by atoms with Gasteiger partial charge in [0.25, 0.3) is 0 Å². The molecule has 2 N–H and O–H groups in total. The number of unbranched alkanes of at least 4 members (excludes halogenated alkanes) is 2. The van der Waals surface area contributed by atoms with Crippen LogP contribution in [0.15, 0.2) is 18.2 Å². The first kappa shape index (κ1) is 13.5. The van der Waals surface area contributed by atoms with Crippen LogP contribution in [0.3, 0.4) is 0 Å². The lowest BCUT2D eigenvalue weighted by molar-refractivity contribution is -0.137. The van der Waals surface area contributed by atoms with E-state index >= 15 is 0 Å². The summed E-state index contributed by atoms with van der Waals surface area (Å²) in [7, 11) is 0. The van der Waals surface area contributed by atoms with Crippen molar-refractivity contribution in [1.29, 1.82) is 0 Å². The van der Waals surface area contributed by atoms with Crippen LogP contribution in [-0.4, -0.2) is 17.6 Å². The van der Waals surface area contributed by atoms with Gasteiger partial charge in [-0.25, -0.2) is 4.39 Å². The maximum absolute atomic E-state index is 13.2. The smallest absolute Gasteiger partial charge is 0.303 e. The van der Waals surface area contributed by atoms with Crippen LogP contribution in [0.4, 0.5) is 10.1 Å². The second kappa shape index (κ2) is 6.89. The van der Waals surface area contributed by atoms with Crippen LogP contribution in [0, 0.1) is 12.7 Å². The van der Waals surface area contributed by atoms with Crippen molar-refractivity contribution >= 4 is 11.7 Å². The standard InChI is InChI=1S/C13H18FNO2/c1-10-6-7-11(9-12(10)14)15-8-4-2-3-5-13(16)17/h6-7,9,15H,2-5,8H2,1H3,(H,16,17). The molecule has 0 saturated carbocycles. The summed E-state index contributed by atoms with van der Waals surface area (Å²) in [6.07, 6.45) is 2.68. The monoisotopic (exact) mass is 239 g/mol. The highest BCUT2D eigenvalue weighted by atomic mass is 19.1. The van der Waals surface area contributed by atoms with Gasteiger partial charge in [0.2, 0.25) is 0 Å². The summed E-state index contributed by atoms with van der Waals surface area (Å²) in [5.74, 6) is -0.959. The number of carboxylic acid groups (broad SMARTS) is 1. The Morgan fingerprint density at radius 3 is 2.76 bits per heavy atom. The van der Waals surface area contributed by atoms with Crippen molar-refractivity contribution in [3.63, 3.8) is 0 Å². The molecule has 1 rings (SSSR count). The molecule has 0 spiro atoms. The van der Waals surface area contributed by atoms with Gasteiger partial charge in [0, 0.05) is 18.7 Å². The van der Waals surface area contributed by atoms with E-state index in [1.807, 2.05) is 6.07 Å². The maximum atomic E-state index is 13.2. The number of carbonyl (C=O) groups is 1. The highest BCUT2D eigenvalue weighted by Crippen LogP contribution is 2.13. The lowest BCUT2D eigenvalue weighted by Gasteiger charge is -2.07. The summed E-state index contributed by atoms with van der Waals surface area (Å²) < 4.78 is 13.2. The Balaban J connectivity index is 2.18. The number of aliphatic carboxylic acids is 1. The Kier molecular flexibility index (Phi) is 5.46. The molecule has 0 aliphatic heterocycles. The number of benzene rings is 1. The van der Waals surface area contributed by atoms with Crippen LogP contribution < -0.4 is 5.32 Å². The van der Waals surface area contributed by atoms with Crippen LogP contribution in [0.1, 0.15) is 31.2 Å². The molecule has 0 atom stereocenters. The van der Waals surface area contributed by atoms with Crippen molar-refractivity contribution in [2.45, 2.75) is 32.6 Å². The number of nitrogens with one attached hydrogen (secondary N) is 1. The Morgan fingerprint density at radius 2 is 2.12 bits per heavy atom. The number of carboxylic acids is 1.